The molecule has 0 amide bonds. The first-order chi connectivity index (χ1) is 12.6. The fourth-order valence-corrected chi connectivity index (χ4v) is 3.39. The summed E-state index contributed by atoms with van der Waals surface area (Å²) in [7, 11) is 0. The van der Waals surface area contributed by atoms with Crippen molar-refractivity contribution in [2.45, 2.75) is 13.8 Å². The van der Waals surface area contributed by atoms with Crippen molar-refractivity contribution in [3.05, 3.63) is 95.3 Å². The van der Waals surface area contributed by atoms with E-state index in [0.717, 1.165) is 22.8 Å². The van der Waals surface area contributed by atoms with Crippen molar-refractivity contribution in [3.8, 4) is 28.2 Å². The molecule has 0 saturated carbocycles. The van der Waals surface area contributed by atoms with E-state index in [4.69, 9.17) is 11.6 Å². The second-order valence-electron chi connectivity index (χ2n) is 6.47. The number of rotatable bonds is 3. The first-order valence-electron chi connectivity index (χ1n) is 8.60. The number of aryl methyl sites for hydroxylation is 2. The summed E-state index contributed by atoms with van der Waals surface area (Å²) in [6, 6.07) is 24.9. The van der Waals surface area contributed by atoms with Crippen LogP contribution < -0.4 is 0 Å². The summed E-state index contributed by atoms with van der Waals surface area (Å²) in [5.41, 5.74) is 6.65. The Bertz CT molecular complexity index is 1060. The Labute approximate surface area is 158 Å². The Kier molecular flexibility index (Phi) is 4.36. The molecule has 0 aliphatic heterocycles. The highest BCUT2D eigenvalue weighted by Gasteiger charge is 2.12. The lowest BCUT2D eigenvalue weighted by atomic mass is 10.0. The molecule has 0 unspecified atom stereocenters. The normalized spacial score (nSPS) is 10.9. The van der Waals surface area contributed by atoms with Gasteiger partial charge in [-0.3, -0.25) is 4.57 Å². The third-order valence-electron chi connectivity index (χ3n) is 4.44. The van der Waals surface area contributed by atoms with E-state index in [-0.39, 0.29) is 0 Å². The van der Waals surface area contributed by atoms with Crippen LogP contribution in [0.1, 0.15) is 11.3 Å². The van der Waals surface area contributed by atoms with Gasteiger partial charge in [0.2, 0.25) is 0 Å². The van der Waals surface area contributed by atoms with E-state index in [0.29, 0.717) is 5.02 Å². The molecule has 2 nitrogen and oxygen atoms in total. The Hall–Kier alpha value is -2.84. The average molecular weight is 359 g/mol. The van der Waals surface area contributed by atoms with Crippen LogP contribution in [0.15, 0.2) is 79.0 Å². The molecule has 4 aromatic rings. The van der Waals surface area contributed by atoms with Crippen LogP contribution >= 0.6 is 11.6 Å². The molecule has 0 saturated heterocycles. The molecule has 3 heteroatoms. The van der Waals surface area contributed by atoms with Gasteiger partial charge in [-0.1, -0.05) is 65.7 Å². The molecule has 4 rings (SSSR count). The van der Waals surface area contributed by atoms with Crippen LogP contribution in [0.5, 0.6) is 0 Å². The van der Waals surface area contributed by atoms with E-state index < -0.39 is 0 Å². The van der Waals surface area contributed by atoms with Gasteiger partial charge < -0.3 is 0 Å². The molecule has 0 fully saturated rings. The number of imidazole rings is 1. The molecule has 0 spiro atoms. The minimum absolute atomic E-state index is 0.704. The van der Waals surface area contributed by atoms with Gasteiger partial charge in [0.05, 0.1) is 10.7 Å². The summed E-state index contributed by atoms with van der Waals surface area (Å²) in [6.45, 7) is 4.11. The first kappa shape index (κ1) is 16.6. The van der Waals surface area contributed by atoms with Crippen molar-refractivity contribution in [2.75, 3.05) is 0 Å². The van der Waals surface area contributed by atoms with Gasteiger partial charge >= 0.3 is 0 Å². The minimum Gasteiger partial charge on any atom is -0.299 e. The second kappa shape index (κ2) is 6.81. The van der Waals surface area contributed by atoms with Crippen molar-refractivity contribution in [2.24, 2.45) is 0 Å². The Morgan fingerprint density at radius 1 is 0.808 bits per heavy atom. The molecular weight excluding hydrogens is 340 g/mol. The van der Waals surface area contributed by atoms with Gasteiger partial charge in [-0.05, 0) is 49.2 Å². The molecule has 26 heavy (non-hydrogen) atoms. The van der Waals surface area contributed by atoms with Crippen molar-refractivity contribution in [3.63, 3.8) is 0 Å². The highest BCUT2D eigenvalue weighted by molar-refractivity contribution is 6.33. The molecule has 128 valence electrons. The summed E-state index contributed by atoms with van der Waals surface area (Å²) in [6.07, 6.45) is 2.04. The van der Waals surface area contributed by atoms with Crippen LogP contribution in [0, 0.1) is 13.8 Å². The third kappa shape index (κ3) is 3.16. The lowest BCUT2D eigenvalue weighted by molar-refractivity contribution is 1.07. The first-order valence-corrected chi connectivity index (χ1v) is 8.98. The van der Waals surface area contributed by atoms with Crippen LogP contribution in [0.2, 0.25) is 5.02 Å². The molecule has 0 atom stereocenters. The smallest absolute Gasteiger partial charge is 0.146 e. The fraction of sp³-hybridized carbons (Fsp3) is 0.0870. The fourth-order valence-electron chi connectivity index (χ4n) is 3.17. The molecule has 3 aromatic carbocycles. The van der Waals surface area contributed by atoms with E-state index in [1.807, 2.05) is 37.4 Å². The van der Waals surface area contributed by atoms with Gasteiger partial charge in [-0.25, -0.2) is 4.98 Å². The standard InChI is InChI=1S/C23H19ClN2/c1-16-6-5-7-19(14-16)18-10-12-20(13-11-18)26-15-17(2)25-23(26)21-8-3-4-9-22(21)24/h3-15H,1-2H3. The topological polar surface area (TPSA) is 17.8 Å². The molecule has 0 N–H and O–H groups in total. The summed E-state index contributed by atoms with van der Waals surface area (Å²) >= 11 is 6.39. The van der Waals surface area contributed by atoms with E-state index in [1.54, 1.807) is 0 Å². The maximum absolute atomic E-state index is 6.39. The number of hydrogen-bond acceptors (Lipinski definition) is 1. The summed E-state index contributed by atoms with van der Waals surface area (Å²) in [5.74, 6) is 0.858. The van der Waals surface area contributed by atoms with Crippen molar-refractivity contribution in [1.82, 2.24) is 9.55 Å². The average Bonchev–Trinajstić information content (AvgIpc) is 3.04. The van der Waals surface area contributed by atoms with Gasteiger partial charge in [0, 0.05) is 17.4 Å². The van der Waals surface area contributed by atoms with E-state index in [9.17, 15) is 0 Å². The van der Waals surface area contributed by atoms with Crippen LogP contribution in [0.4, 0.5) is 0 Å². The molecule has 0 aliphatic carbocycles. The van der Waals surface area contributed by atoms with Gasteiger partial charge in [0.25, 0.3) is 0 Å². The highest BCUT2D eigenvalue weighted by Crippen LogP contribution is 2.30. The predicted octanol–water partition coefficient (Wildman–Crippen LogP) is 6.48. The molecule has 1 heterocycles. The number of hydrogen-bond donors (Lipinski definition) is 0. The van der Waals surface area contributed by atoms with E-state index >= 15 is 0 Å². The quantitative estimate of drug-likeness (QED) is 0.410. The van der Waals surface area contributed by atoms with Gasteiger partial charge in [0.1, 0.15) is 5.82 Å². The summed E-state index contributed by atoms with van der Waals surface area (Å²) < 4.78 is 2.09. The number of aromatic nitrogens is 2. The number of halogens is 1. The zero-order chi connectivity index (χ0) is 18.1. The molecule has 0 bridgehead atoms. The van der Waals surface area contributed by atoms with Crippen molar-refractivity contribution < 1.29 is 0 Å². The van der Waals surface area contributed by atoms with E-state index in [2.05, 4.69) is 65.0 Å². The predicted molar refractivity (Wildman–Crippen MR) is 109 cm³/mol. The zero-order valence-electron chi connectivity index (χ0n) is 14.8. The van der Waals surface area contributed by atoms with Crippen molar-refractivity contribution in [1.29, 1.82) is 0 Å². The zero-order valence-corrected chi connectivity index (χ0v) is 15.5. The van der Waals surface area contributed by atoms with Gasteiger partial charge in [-0.15, -0.1) is 0 Å². The number of benzene rings is 3. The molecule has 0 aliphatic rings. The molecule has 0 radical (unpaired) electrons. The Morgan fingerprint density at radius 2 is 1.58 bits per heavy atom. The monoisotopic (exact) mass is 358 g/mol. The number of nitrogens with zero attached hydrogens (tertiary/aromatic N) is 2. The van der Waals surface area contributed by atoms with Crippen molar-refractivity contribution >= 4 is 11.6 Å². The maximum Gasteiger partial charge on any atom is 0.146 e. The van der Waals surface area contributed by atoms with Crippen LogP contribution in [0.3, 0.4) is 0 Å². The highest BCUT2D eigenvalue weighted by atomic mass is 35.5. The Balaban J connectivity index is 1.76. The van der Waals surface area contributed by atoms with Crippen LogP contribution in [-0.4, -0.2) is 9.55 Å². The summed E-state index contributed by atoms with van der Waals surface area (Å²) in [4.78, 5) is 4.69. The van der Waals surface area contributed by atoms with E-state index in [1.165, 1.54) is 16.7 Å². The minimum atomic E-state index is 0.704. The third-order valence-corrected chi connectivity index (χ3v) is 4.77. The lowest BCUT2D eigenvalue weighted by Gasteiger charge is -2.10. The SMILES string of the molecule is Cc1cccc(-c2ccc(-n3cc(C)nc3-c3ccccc3Cl)cc2)c1. The largest absolute Gasteiger partial charge is 0.299 e. The van der Waals surface area contributed by atoms with Gasteiger partial charge in [0.15, 0.2) is 0 Å². The van der Waals surface area contributed by atoms with Crippen LogP contribution in [0.25, 0.3) is 28.2 Å². The molecule has 1 aromatic heterocycles. The second-order valence-corrected chi connectivity index (χ2v) is 6.88. The Morgan fingerprint density at radius 3 is 2.31 bits per heavy atom. The van der Waals surface area contributed by atoms with Gasteiger partial charge in [-0.2, -0.15) is 0 Å². The maximum atomic E-state index is 6.39. The lowest BCUT2D eigenvalue weighted by Crippen LogP contribution is -1.96. The summed E-state index contributed by atoms with van der Waals surface area (Å²) in [5, 5.41) is 0.704. The molecular formula is C23H19ClN2. The van der Waals surface area contributed by atoms with Crippen LogP contribution in [-0.2, 0) is 0 Å².